The Morgan fingerprint density at radius 2 is 1.87 bits per heavy atom. The van der Waals surface area contributed by atoms with Gasteiger partial charge in [0.25, 0.3) is 5.56 Å². The summed E-state index contributed by atoms with van der Waals surface area (Å²) in [6.07, 6.45) is 3.31. The van der Waals surface area contributed by atoms with E-state index in [2.05, 4.69) is 30.5 Å². The van der Waals surface area contributed by atoms with Crippen molar-refractivity contribution in [2.45, 2.75) is 20.4 Å². The van der Waals surface area contributed by atoms with Crippen molar-refractivity contribution in [2.75, 3.05) is 5.32 Å². The maximum Gasteiger partial charge on any atom is 0.263 e. The van der Waals surface area contributed by atoms with E-state index in [1.54, 1.807) is 10.9 Å². The van der Waals surface area contributed by atoms with Crippen LogP contribution in [0.3, 0.4) is 0 Å². The molecule has 4 aromatic heterocycles. The maximum atomic E-state index is 12.5. The van der Waals surface area contributed by atoms with E-state index in [9.17, 15) is 4.79 Å². The summed E-state index contributed by atoms with van der Waals surface area (Å²) in [7, 11) is 0. The van der Waals surface area contributed by atoms with Crippen LogP contribution in [-0.4, -0.2) is 34.5 Å². The predicted molar refractivity (Wildman–Crippen MR) is 118 cm³/mol. The minimum absolute atomic E-state index is 0.243. The van der Waals surface area contributed by atoms with E-state index in [1.807, 2.05) is 67.1 Å². The minimum atomic E-state index is -0.243. The zero-order valence-corrected chi connectivity index (χ0v) is 17.1. The van der Waals surface area contributed by atoms with Gasteiger partial charge in [0.2, 0.25) is 5.95 Å². The fraction of sp³-hybridized carbons (Fsp3) is 0.136. The second-order valence-electron chi connectivity index (χ2n) is 7.26. The van der Waals surface area contributed by atoms with Crippen molar-refractivity contribution in [3.05, 3.63) is 88.2 Å². The summed E-state index contributed by atoms with van der Waals surface area (Å²) < 4.78 is 3.46. The molecule has 0 radical (unpaired) electrons. The first kappa shape index (κ1) is 18.7. The van der Waals surface area contributed by atoms with Crippen molar-refractivity contribution in [1.82, 2.24) is 34.5 Å². The molecular weight excluding hydrogens is 392 g/mol. The van der Waals surface area contributed by atoms with Crippen LogP contribution in [0.4, 0.5) is 5.95 Å². The average molecular weight is 412 g/mol. The largest absolute Gasteiger partial charge is 0.352 e. The number of aromatic amines is 1. The van der Waals surface area contributed by atoms with Gasteiger partial charge in [0, 0.05) is 18.4 Å². The molecule has 2 N–H and O–H groups in total. The quantitative estimate of drug-likeness (QED) is 0.460. The van der Waals surface area contributed by atoms with Crippen molar-refractivity contribution < 1.29 is 0 Å². The van der Waals surface area contributed by atoms with Crippen LogP contribution in [0.1, 0.15) is 17.0 Å². The molecule has 0 saturated heterocycles. The number of aryl methyl sites for hydroxylation is 2. The van der Waals surface area contributed by atoms with Crippen LogP contribution in [0.25, 0.3) is 22.5 Å². The summed E-state index contributed by atoms with van der Waals surface area (Å²) in [6, 6.07) is 15.5. The molecule has 9 nitrogen and oxygen atoms in total. The predicted octanol–water partition coefficient (Wildman–Crippen LogP) is 2.92. The van der Waals surface area contributed by atoms with Crippen LogP contribution < -0.4 is 10.9 Å². The molecule has 0 spiro atoms. The second-order valence-corrected chi connectivity index (χ2v) is 7.26. The number of nitrogens with one attached hydrogen (secondary N) is 2. The topological polar surface area (TPSA) is 106 Å². The van der Waals surface area contributed by atoms with Gasteiger partial charge in [-0.1, -0.05) is 24.3 Å². The Bertz CT molecular complexity index is 1410. The standard InChI is InChI=1S/C22H20N8O/c1-14-10-15(2)29(28-14)19-9-8-16(11-23-19)12-24-22-26-20-18(21(31)27-22)13-25-30(20)17-6-4-3-5-7-17/h3-11,13H,12H2,1-2H3,(H2,24,26,27,31). The highest BCUT2D eigenvalue weighted by Gasteiger charge is 2.11. The Hall–Kier alpha value is -4.27. The summed E-state index contributed by atoms with van der Waals surface area (Å²) >= 11 is 0. The number of hydrogen-bond acceptors (Lipinski definition) is 6. The fourth-order valence-electron chi connectivity index (χ4n) is 3.45. The second kappa shape index (κ2) is 7.52. The van der Waals surface area contributed by atoms with Crippen LogP contribution >= 0.6 is 0 Å². The highest BCUT2D eigenvalue weighted by atomic mass is 16.1. The van der Waals surface area contributed by atoms with E-state index in [4.69, 9.17) is 0 Å². The molecule has 154 valence electrons. The number of H-pyrrole nitrogens is 1. The van der Waals surface area contributed by atoms with Gasteiger partial charge in [-0.3, -0.25) is 9.78 Å². The van der Waals surface area contributed by atoms with Gasteiger partial charge in [-0.2, -0.15) is 15.2 Å². The molecule has 0 aliphatic heterocycles. The summed E-state index contributed by atoms with van der Waals surface area (Å²) in [6.45, 7) is 4.41. The third-order valence-corrected chi connectivity index (χ3v) is 4.93. The van der Waals surface area contributed by atoms with Crippen molar-refractivity contribution in [3.63, 3.8) is 0 Å². The number of pyridine rings is 1. The van der Waals surface area contributed by atoms with Gasteiger partial charge in [-0.05, 0) is 43.7 Å². The third-order valence-electron chi connectivity index (χ3n) is 4.93. The van der Waals surface area contributed by atoms with E-state index < -0.39 is 0 Å². The van der Waals surface area contributed by atoms with E-state index in [0.29, 0.717) is 23.5 Å². The van der Waals surface area contributed by atoms with Crippen molar-refractivity contribution in [1.29, 1.82) is 0 Å². The van der Waals surface area contributed by atoms with E-state index in [0.717, 1.165) is 28.5 Å². The van der Waals surface area contributed by atoms with Crippen LogP contribution in [0.2, 0.25) is 0 Å². The molecule has 0 amide bonds. The summed E-state index contributed by atoms with van der Waals surface area (Å²) in [5.41, 5.74) is 4.02. The van der Waals surface area contributed by atoms with Gasteiger partial charge in [0.05, 0.1) is 17.6 Å². The van der Waals surface area contributed by atoms with Crippen molar-refractivity contribution >= 4 is 17.0 Å². The van der Waals surface area contributed by atoms with Gasteiger partial charge in [0.15, 0.2) is 11.5 Å². The number of aromatic nitrogens is 7. The third kappa shape index (κ3) is 3.57. The zero-order valence-electron chi connectivity index (χ0n) is 17.1. The summed E-state index contributed by atoms with van der Waals surface area (Å²) in [5.74, 6) is 1.13. The Morgan fingerprint density at radius 3 is 2.58 bits per heavy atom. The lowest BCUT2D eigenvalue weighted by Crippen LogP contribution is -2.14. The molecule has 0 aliphatic carbocycles. The first-order valence-corrected chi connectivity index (χ1v) is 9.84. The Balaban J connectivity index is 1.38. The number of benzene rings is 1. The number of para-hydroxylation sites is 1. The first-order chi connectivity index (χ1) is 15.1. The van der Waals surface area contributed by atoms with Gasteiger partial charge in [-0.25, -0.2) is 14.3 Å². The van der Waals surface area contributed by atoms with E-state index in [1.165, 1.54) is 6.20 Å². The number of hydrogen-bond donors (Lipinski definition) is 2. The van der Waals surface area contributed by atoms with Gasteiger partial charge >= 0.3 is 0 Å². The molecule has 9 heteroatoms. The molecule has 1 aromatic carbocycles. The number of nitrogens with zero attached hydrogens (tertiary/aromatic N) is 6. The summed E-state index contributed by atoms with van der Waals surface area (Å²) in [5, 5.41) is 12.4. The molecule has 31 heavy (non-hydrogen) atoms. The lowest BCUT2D eigenvalue weighted by molar-refractivity contribution is 0.804. The Kier molecular flexibility index (Phi) is 4.55. The molecule has 0 aliphatic rings. The SMILES string of the molecule is Cc1cc(C)n(-c2ccc(CNc3nc4c(cnn4-c4ccccc4)c(=O)[nH]3)cn2)n1. The van der Waals surface area contributed by atoms with Crippen LogP contribution in [0.15, 0.2) is 65.7 Å². The number of rotatable bonds is 5. The number of anilines is 1. The molecular formula is C22H20N8O. The van der Waals surface area contributed by atoms with E-state index in [-0.39, 0.29) is 5.56 Å². The molecule has 5 rings (SSSR count). The molecule has 0 bridgehead atoms. The molecule has 0 atom stereocenters. The summed E-state index contributed by atoms with van der Waals surface area (Å²) in [4.78, 5) is 24.3. The van der Waals surface area contributed by atoms with Gasteiger partial charge in [-0.15, -0.1) is 0 Å². The van der Waals surface area contributed by atoms with Gasteiger partial charge in [0.1, 0.15) is 5.39 Å². The first-order valence-electron chi connectivity index (χ1n) is 9.84. The van der Waals surface area contributed by atoms with Crippen molar-refractivity contribution in [3.8, 4) is 11.5 Å². The maximum absolute atomic E-state index is 12.5. The number of fused-ring (bicyclic) bond motifs is 1. The highest BCUT2D eigenvalue weighted by Crippen LogP contribution is 2.15. The molecule has 0 saturated carbocycles. The fourth-order valence-corrected chi connectivity index (χ4v) is 3.45. The molecule has 5 aromatic rings. The molecule has 0 fully saturated rings. The van der Waals surface area contributed by atoms with Crippen molar-refractivity contribution in [2.24, 2.45) is 0 Å². The monoisotopic (exact) mass is 412 g/mol. The van der Waals surface area contributed by atoms with Gasteiger partial charge < -0.3 is 5.32 Å². The van der Waals surface area contributed by atoms with Crippen LogP contribution in [-0.2, 0) is 6.54 Å². The lowest BCUT2D eigenvalue weighted by Gasteiger charge is -2.08. The highest BCUT2D eigenvalue weighted by molar-refractivity contribution is 5.76. The molecule has 4 heterocycles. The average Bonchev–Trinajstić information content (AvgIpc) is 3.36. The van der Waals surface area contributed by atoms with E-state index >= 15 is 0 Å². The lowest BCUT2D eigenvalue weighted by atomic mass is 10.3. The normalized spacial score (nSPS) is 11.2. The Labute approximate surface area is 177 Å². The van der Waals surface area contributed by atoms with Crippen LogP contribution in [0, 0.1) is 13.8 Å². The van der Waals surface area contributed by atoms with Crippen LogP contribution in [0.5, 0.6) is 0 Å². The Morgan fingerprint density at radius 1 is 1.03 bits per heavy atom. The zero-order chi connectivity index (χ0) is 21.4. The molecule has 0 unspecified atom stereocenters. The minimum Gasteiger partial charge on any atom is -0.352 e. The smallest absolute Gasteiger partial charge is 0.263 e.